The predicted octanol–water partition coefficient (Wildman–Crippen LogP) is 1.53. The molecule has 6 nitrogen and oxygen atoms in total. The molecule has 0 amide bonds. The van der Waals surface area contributed by atoms with Gasteiger partial charge in [0.15, 0.2) is 0 Å². The third-order valence-electron chi connectivity index (χ3n) is 4.11. The number of hydrogen-bond acceptors (Lipinski definition) is 6. The Hall–Kier alpha value is -0.980. The van der Waals surface area contributed by atoms with Crippen molar-refractivity contribution in [1.82, 2.24) is 15.5 Å². The van der Waals surface area contributed by atoms with E-state index < -0.39 is 0 Å². The van der Waals surface area contributed by atoms with E-state index in [-0.39, 0.29) is 17.7 Å². The van der Waals surface area contributed by atoms with E-state index in [2.05, 4.69) is 15.5 Å². The van der Waals surface area contributed by atoms with Gasteiger partial charge < -0.3 is 19.3 Å². The topological polar surface area (TPSA) is 69.4 Å². The quantitative estimate of drug-likeness (QED) is 0.895. The zero-order valence-corrected chi connectivity index (χ0v) is 11.5. The van der Waals surface area contributed by atoms with Crippen molar-refractivity contribution in [2.24, 2.45) is 0 Å². The Morgan fingerprint density at radius 1 is 1.42 bits per heavy atom. The Kier molecular flexibility index (Phi) is 3.56. The van der Waals surface area contributed by atoms with Gasteiger partial charge in [0.1, 0.15) is 5.60 Å². The Labute approximate surface area is 112 Å². The summed E-state index contributed by atoms with van der Waals surface area (Å²) in [6.07, 6.45) is 4.30. The largest absolute Gasteiger partial charge is 0.380 e. The van der Waals surface area contributed by atoms with Gasteiger partial charge in [-0.2, -0.15) is 4.98 Å². The fraction of sp³-hybridized carbons (Fsp3) is 0.846. The van der Waals surface area contributed by atoms with Crippen molar-refractivity contribution >= 4 is 0 Å². The van der Waals surface area contributed by atoms with Crippen molar-refractivity contribution < 1.29 is 14.0 Å². The Bertz CT molecular complexity index is 429. The average Bonchev–Trinajstić information content (AvgIpc) is 3.08. The Morgan fingerprint density at radius 2 is 2.32 bits per heavy atom. The third-order valence-corrected chi connectivity index (χ3v) is 4.11. The zero-order valence-electron chi connectivity index (χ0n) is 11.5. The highest BCUT2D eigenvalue weighted by Gasteiger charge is 2.37. The van der Waals surface area contributed by atoms with Crippen LogP contribution in [0, 0.1) is 0 Å². The van der Waals surface area contributed by atoms with E-state index in [0.717, 1.165) is 38.8 Å². The van der Waals surface area contributed by atoms with E-state index in [1.54, 1.807) is 7.11 Å². The molecule has 0 saturated carbocycles. The van der Waals surface area contributed by atoms with E-state index in [0.29, 0.717) is 11.7 Å². The summed E-state index contributed by atoms with van der Waals surface area (Å²) in [6, 6.07) is 0.0957. The van der Waals surface area contributed by atoms with Gasteiger partial charge in [0.2, 0.25) is 11.7 Å². The third kappa shape index (κ3) is 2.52. The molecule has 2 saturated heterocycles. The molecule has 0 spiro atoms. The zero-order chi connectivity index (χ0) is 13.3. The minimum Gasteiger partial charge on any atom is -0.380 e. The molecule has 0 radical (unpaired) electrons. The number of ether oxygens (including phenoxy) is 2. The van der Waals surface area contributed by atoms with Crippen LogP contribution in [0.2, 0.25) is 0 Å². The van der Waals surface area contributed by atoms with Crippen molar-refractivity contribution in [3.8, 4) is 0 Å². The summed E-state index contributed by atoms with van der Waals surface area (Å²) in [5.74, 6) is 1.31. The van der Waals surface area contributed by atoms with Crippen molar-refractivity contribution in [2.45, 2.75) is 50.4 Å². The molecule has 3 heterocycles. The summed E-state index contributed by atoms with van der Waals surface area (Å²) in [5.41, 5.74) is -0.390. The van der Waals surface area contributed by atoms with Crippen molar-refractivity contribution in [2.75, 3.05) is 20.3 Å². The molecule has 6 heteroatoms. The number of methoxy groups -OCH3 is 1. The monoisotopic (exact) mass is 267 g/mol. The summed E-state index contributed by atoms with van der Waals surface area (Å²) in [6.45, 7) is 3.64. The van der Waals surface area contributed by atoms with Crippen LogP contribution < -0.4 is 5.32 Å². The van der Waals surface area contributed by atoms with Gasteiger partial charge in [-0.25, -0.2) is 0 Å². The predicted molar refractivity (Wildman–Crippen MR) is 67.6 cm³/mol. The van der Waals surface area contributed by atoms with Gasteiger partial charge in [0.25, 0.3) is 0 Å². The summed E-state index contributed by atoms with van der Waals surface area (Å²) in [5, 5.41) is 7.46. The van der Waals surface area contributed by atoms with Crippen LogP contribution in [0.5, 0.6) is 0 Å². The van der Waals surface area contributed by atoms with E-state index in [9.17, 15) is 0 Å². The molecule has 0 aliphatic carbocycles. The smallest absolute Gasteiger partial charge is 0.243 e. The van der Waals surface area contributed by atoms with Gasteiger partial charge in [0, 0.05) is 20.3 Å². The van der Waals surface area contributed by atoms with Crippen LogP contribution in [0.4, 0.5) is 0 Å². The van der Waals surface area contributed by atoms with Crippen LogP contribution in [0.1, 0.15) is 50.4 Å². The maximum atomic E-state index is 5.84. The molecular formula is C13H21N3O3. The van der Waals surface area contributed by atoms with E-state index in [1.807, 2.05) is 6.92 Å². The van der Waals surface area contributed by atoms with Crippen LogP contribution in [0.25, 0.3) is 0 Å². The van der Waals surface area contributed by atoms with Crippen LogP contribution in [-0.2, 0) is 15.1 Å². The molecule has 2 fully saturated rings. The molecule has 1 N–H and O–H groups in total. The minimum atomic E-state index is -0.390. The maximum Gasteiger partial charge on any atom is 0.243 e. The van der Waals surface area contributed by atoms with E-state index in [1.165, 1.54) is 0 Å². The van der Waals surface area contributed by atoms with Crippen LogP contribution >= 0.6 is 0 Å². The maximum absolute atomic E-state index is 5.84. The van der Waals surface area contributed by atoms with Gasteiger partial charge in [-0.3, -0.25) is 0 Å². The van der Waals surface area contributed by atoms with Crippen molar-refractivity contribution in [3.63, 3.8) is 0 Å². The average molecular weight is 267 g/mol. The number of aromatic nitrogens is 2. The second kappa shape index (κ2) is 5.19. The second-order valence-corrected chi connectivity index (χ2v) is 5.55. The Balaban J connectivity index is 1.72. The molecule has 19 heavy (non-hydrogen) atoms. The lowest BCUT2D eigenvalue weighted by molar-refractivity contribution is -0.0770. The molecule has 1 aromatic heterocycles. The molecule has 106 valence electrons. The van der Waals surface area contributed by atoms with Crippen molar-refractivity contribution in [3.05, 3.63) is 11.7 Å². The minimum absolute atomic E-state index is 0.0957. The first-order chi connectivity index (χ1) is 9.21. The lowest BCUT2D eigenvalue weighted by Crippen LogP contribution is -2.31. The van der Waals surface area contributed by atoms with Gasteiger partial charge in [-0.1, -0.05) is 5.16 Å². The Morgan fingerprint density at radius 3 is 3.00 bits per heavy atom. The number of hydrogen-bond donors (Lipinski definition) is 1. The first kappa shape index (κ1) is 13.0. The fourth-order valence-corrected chi connectivity index (χ4v) is 2.77. The summed E-state index contributed by atoms with van der Waals surface area (Å²) in [7, 11) is 1.73. The fourth-order valence-electron chi connectivity index (χ4n) is 2.77. The SMILES string of the molecule is CO[C@@H]1CN[C@@H](c2nc(C3(C)CCCCO3)no2)C1. The first-order valence-electron chi connectivity index (χ1n) is 6.95. The van der Waals surface area contributed by atoms with Gasteiger partial charge in [-0.15, -0.1) is 0 Å². The van der Waals surface area contributed by atoms with Gasteiger partial charge in [0.05, 0.1) is 12.1 Å². The molecule has 2 aliphatic rings. The van der Waals surface area contributed by atoms with Crippen molar-refractivity contribution in [1.29, 1.82) is 0 Å². The highest BCUT2D eigenvalue weighted by atomic mass is 16.5. The first-order valence-corrected chi connectivity index (χ1v) is 6.95. The van der Waals surface area contributed by atoms with E-state index >= 15 is 0 Å². The summed E-state index contributed by atoms with van der Waals surface area (Å²) < 4.78 is 16.6. The van der Waals surface area contributed by atoms with E-state index in [4.69, 9.17) is 14.0 Å². The molecular weight excluding hydrogens is 246 g/mol. The lowest BCUT2D eigenvalue weighted by atomic mass is 9.95. The molecule has 3 rings (SSSR count). The van der Waals surface area contributed by atoms with Gasteiger partial charge >= 0.3 is 0 Å². The van der Waals surface area contributed by atoms with Gasteiger partial charge in [-0.05, 0) is 32.6 Å². The number of nitrogens with zero attached hydrogens (tertiary/aromatic N) is 2. The highest BCUT2D eigenvalue weighted by molar-refractivity contribution is 5.04. The molecule has 1 aromatic rings. The standard InChI is InChI=1S/C13H21N3O3/c1-13(5-3-4-6-18-13)12-15-11(19-16-12)10-7-9(17-2)8-14-10/h9-10,14H,3-8H2,1-2H3/t9-,10+,13?/m0/s1. The molecule has 1 unspecified atom stereocenters. The molecule has 2 aliphatic heterocycles. The second-order valence-electron chi connectivity index (χ2n) is 5.55. The van der Waals surface area contributed by atoms with Crippen LogP contribution in [0.3, 0.4) is 0 Å². The molecule has 0 aromatic carbocycles. The van der Waals surface area contributed by atoms with Crippen LogP contribution in [-0.4, -0.2) is 36.5 Å². The normalized spacial score (nSPS) is 35.7. The lowest BCUT2D eigenvalue weighted by Gasteiger charge is -2.30. The van der Waals surface area contributed by atoms with Crippen LogP contribution in [0.15, 0.2) is 4.52 Å². The summed E-state index contributed by atoms with van der Waals surface area (Å²) in [4.78, 5) is 4.54. The number of nitrogens with one attached hydrogen (secondary N) is 1. The highest BCUT2D eigenvalue weighted by Crippen LogP contribution is 2.34. The molecule has 0 bridgehead atoms. The molecule has 3 atom stereocenters. The number of rotatable bonds is 3. The summed E-state index contributed by atoms with van der Waals surface area (Å²) >= 11 is 0.